The molecule has 0 aliphatic heterocycles. The molecule has 0 aliphatic rings. The molecule has 0 amide bonds. The van der Waals surface area contributed by atoms with Crippen molar-refractivity contribution < 1.29 is 9.53 Å². The van der Waals surface area contributed by atoms with Crippen molar-refractivity contribution in [3.63, 3.8) is 0 Å². The molecule has 158 valence electrons. The normalized spacial score (nSPS) is 10.9. The van der Waals surface area contributed by atoms with E-state index < -0.39 is 0 Å². The predicted octanol–water partition coefficient (Wildman–Crippen LogP) is 6.68. The van der Waals surface area contributed by atoms with E-state index in [-0.39, 0.29) is 11.5 Å². The first-order chi connectivity index (χ1) is 15.1. The Morgan fingerprint density at radius 1 is 1.10 bits per heavy atom. The van der Waals surface area contributed by atoms with E-state index in [1.165, 1.54) is 11.8 Å². The maximum absolute atomic E-state index is 12.7. The Bertz CT molecular complexity index is 1190. The van der Waals surface area contributed by atoms with Gasteiger partial charge in [0.15, 0.2) is 16.8 Å². The third-order valence-electron chi connectivity index (χ3n) is 4.35. The van der Waals surface area contributed by atoms with Gasteiger partial charge < -0.3 is 4.74 Å². The first-order valence-corrected chi connectivity index (χ1v) is 12.0. The lowest BCUT2D eigenvalue weighted by Gasteiger charge is -2.11. The van der Waals surface area contributed by atoms with Gasteiger partial charge in [-0.3, -0.25) is 9.36 Å². The van der Waals surface area contributed by atoms with Gasteiger partial charge in [-0.25, -0.2) is 0 Å². The Balaban J connectivity index is 1.63. The number of nitrogens with zero attached hydrogens (tertiary/aromatic N) is 3. The van der Waals surface area contributed by atoms with Crippen molar-refractivity contribution in [1.82, 2.24) is 14.8 Å². The van der Waals surface area contributed by atoms with Crippen molar-refractivity contribution in [2.24, 2.45) is 0 Å². The SMILES string of the molecule is CCOc1ccc(-n2c(SCC(=O)c3ccc(Cl)c(Cl)c3)nnc2-c2cccs2)cc1. The molecule has 4 aromatic rings. The zero-order valence-corrected chi connectivity index (χ0v) is 19.6. The molecular weight excluding hydrogens is 473 g/mol. The first kappa shape index (κ1) is 21.9. The maximum Gasteiger partial charge on any atom is 0.196 e. The summed E-state index contributed by atoms with van der Waals surface area (Å²) < 4.78 is 7.50. The Hall–Kier alpha value is -2.32. The molecule has 0 radical (unpaired) electrons. The van der Waals surface area contributed by atoms with Crippen molar-refractivity contribution in [1.29, 1.82) is 0 Å². The molecule has 0 aliphatic carbocycles. The summed E-state index contributed by atoms with van der Waals surface area (Å²) in [6.07, 6.45) is 0. The van der Waals surface area contributed by atoms with Gasteiger partial charge >= 0.3 is 0 Å². The number of carbonyl (C=O) groups is 1. The summed E-state index contributed by atoms with van der Waals surface area (Å²) in [4.78, 5) is 13.7. The van der Waals surface area contributed by atoms with Crippen molar-refractivity contribution >= 4 is 52.1 Å². The minimum Gasteiger partial charge on any atom is -0.494 e. The molecule has 2 heterocycles. The standard InChI is InChI=1S/C22H17Cl2N3O2S2/c1-2-29-16-8-6-15(7-9-16)27-21(20-4-3-11-30-20)25-26-22(27)31-13-19(28)14-5-10-17(23)18(24)12-14/h3-12H,2,13H2,1H3. The van der Waals surface area contributed by atoms with Crippen LogP contribution >= 0.6 is 46.3 Å². The summed E-state index contributed by atoms with van der Waals surface area (Å²) in [7, 11) is 0. The molecule has 0 saturated carbocycles. The van der Waals surface area contributed by atoms with Crippen molar-refractivity contribution in [3.05, 3.63) is 75.6 Å². The van der Waals surface area contributed by atoms with E-state index in [0.29, 0.717) is 27.4 Å². The molecule has 9 heteroatoms. The second kappa shape index (κ2) is 9.87. The number of ketones is 1. The van der Waals surface area contributed by atoms with Crippen LogP contribution in [0, 0.1) is 0 Å². The molecule has 4 rings (SSSR count). The van der Waals surface area contributed by atoms with E-state index in [4.69, 9.17) is 27.9 Å². The quantitative estimate of drug-likeness (QED) is 0.204. The molecule has 0 bridgehead atoms. The number of Topliss-reactive ketones (excluding diaryl/α,β-unsaturated/α-hetero) is 1. The minimum absolute atomic E-state index is 0.0671. The molecule has 2 aromatic carbocycles. The van der Waals surface area contributed by atoms with Crippen LogP contribution in [-0.2, 0) is 0 Å². The van der Waals surface area contributed by atoms with Gasteiger partial charge in [-0.2, -0.15) is 0 Å². The summed E-state index contributed by atoms with van der Waals surface area (Å²) in [5.74, 6) is 1.64. The molecule has 0 saturated heterocycles. The number of thioether (sulfide) groups is 1. The highest BCUT2D eigenvalue weighted by molar-refractivity contribution is 7.99. The third-order valence-corrected chi connectivity index (χ3v) is 6.89. The van der Waals surface area contributed by atoms with E-state index in [2.05, 4.69) is 10.2 Å². The van der Waals surface area contributed by atoms with Crippen molar-refractivity contribution in [2.75, 3.05) is 12.4 Å². The number of carbonyl (C=O) groups excluding carboxylic acids is 1. The largest absolute Gasteiger partial charge is 0.494 e. The third kappa shape index (κ3) is 4.96. The zero-order chi connectivity index (χ0) is 21.8. The van der Waals surface area contributed by atoms with Gasteiger partial charge in [0.05, 0.1) is 33.0 Å². The molecule has 0 atom stereocenters. The lowest BCUT2D eigenvalue weighted by atomic mass is 10.1. The van der Waals surface area contributed by atoms with Crippen LogP contribution in [0.15, 0.2) is 65.1 Å². The number of hydrogen-bond acceptors (Lipinski definition) is 6. The zero-order valence-electron chi connectivity index (χ0n) is 16.4. The van der Waals surface area contributed by atoms with Crippen LogP contribution in [0.5, 0.6) is 5.75 Å². The van der Waals surface area contributed by atoms with E-state index in [1.54, 1.807) is 29.5 Å². The number of rotatable bonds is 8. The van der Waals surface area contributed by atoms with E-state index in [1.807, 2.05) is 53.3 Å². The minimum atomic E-state index is -0.0671. The first-order valence-electron chi connectivity index (χ1n) is 9.40. The Labute approximate surface area is 198 Å². The van der Waals surface area contributed by atoms with Gasteiger partial charge in [-0.05, 0) is 60.8 Å². The molecule has 0 unspecified atom stereocenters. The highest BCUT2D eigenvalue weighted by Gasteiger charge is 2.19. The average molecular weight is 490 g/mol. The van der Waals surface area contributed by atoms with Gasteiger partial charge in [0.25, 0.3) is 0 Å². The average Bonchev–Trinajstić information content (AvgIpc) is 3.44. The molecule has 0 fully saturated rings. The summed E-state index contributed by atoms with van der Waals surface area (Å²) >= 11 is 14.9. The van der Waals surface area contributed by atoms with Gasteiger partial charge in [0.1, 0.15) is 5.75 Å². The lowest BCUT2D eigenvalue weighted by molar-refractivity contribution is 0.102. The highest BCUT2D eigenvalue weighted by atomic mass is 35.5. The number of halogens is 2. The van der Waals surface area contributed by atoms with Crippen LogP contribution in [0.4, 0.5) is 0 Å². The van der Waals surface area contributed by atoms with Gasteiger partial charge in [-0.15, -0.1) is 21.5 Å². The lowest BCUT2D eigenvalue weighted by Crippen LogP contribution is -2.05. The summed E-state index contributed by atoms with van der Waals surface area (Å²) in [6, 6.07) is 16.6. The van der Waals surface area contributed by atoms with E-state index in [9.17, 15) is 4.79 Å². The smallest absolute Gasteiger partial charge is 0.196 e. The van der Waals surface area contributed by atoms with Crippen LogP contribution in [0.25, 0.3) is 16.4 Å². The van der Waals surface area contributed by atoms with E-state index in [0.717, 1.165) is 22.1 Å². The monoisotopic (exact) mass is 489 g/mol. The summed E-state index contributed by atoms with van der Waals surface area (Å²) in [5, 5.41) is 12.1. The fourth-order valence-corrected chi connectivity index (χ4v) is 4.75. The van der Waals surface area contributed by atoms with E-state index >= 15 is 0 Å². The summed E-state index contributed by atoms with van der Waals surface area (Å²) in [5.41, 5.74) is 1.40. The van der Waals surface area contributed by atoms with Crippen LogP contribution in [-0.4, -0.2) is 32.9 Å². The Kier molecular flexibility index (Phi) is 6.97. The predicted molar refractivity (Wildman–Crippen MR) is 127 cm³/mol. The molecule has 31 heavy (non-hydrogen) atoms. The molecule has 0 N–H and O–H groups in total. The van der Waals surface area contributed by atoms with Crippen molar-refractivity contribution in [3.8, 4) is 22.1 Å². The summed E-state index contributed by atoms with van der Waals surface area (Å²) in [6.45, 7) is 2.55. The van der Waals surface area contributed by atoms with Gasteiger partial charge in [0, 0.05) is 5.56 Å². The number of aromatic nitrogens is 3. The fourth-order valence-electron chi connectivity index (χ4n) is 2.90. The van der Waals surface area contributed by atoms with Crippen LogP contribution in [0.1, 0.15) is 17.3 Å². The number of benzene rings is 2. The molecule has 5 nitrogen and oxygen atoms in total. The highest BCUT2D eigenvalue weighted by Crippen LogP contribution is 2.31. The molecule has 2 aromatic heterocycles. The van der Waals surface area contributed by atoms with Gasteiger partial charge in [0.2, 0.25) is 0 Å². The Morgan fingerprint density at radius 2 is 1.90 bits per heavy atom. The van der Waals surface area contributed by atoms with Crippen molar-refractivity contribution in [2.45, 2.75) is 12.1 Å². The molecular formula is C22H17Cl2N3O2S2. The topological polar surface area (TPSA) is 57.0 Å². The second-order valence-electron chi connectivity index (χ2n) is 6.39. The van der Waals surface area contributed by atoms with Gasteiger partial charge in [-0.1, -0.05) is 41.0 Å². The maximum atomic E-state index is 12.7. The molecule has 0 spiro atoms. The number of ether oxygens (including phenoxy) is 1. The fraction of sp³-hybridized carbons (Fsp3) is 0.136. The van der Waals surface area contributed by atoms with Crippen LogP contribution in [0.3, 0.4) is 0 Å². The second-order valence-corrected chi connectivity index (χ2v) is 9.09. The number of thiophene rings is 1. The number of hydrogen-bond donors (Lipinski definition) is 0. The van der Waals surface area contributed by atoms with Crippen LogP contribution < -0.4 is 4.74 Å². The Morgan fingerprint density at radius 3 is 2.58 bits per heavy atom. The van der Waals surface area contributed by atoms with Crippen LogP contribution in [0.2, 0.25) is 10.0 Å².